The molecular weight excluding hydrogens is 997 g/mol. The molecule has 11 atom stereocenters. The lowest BCUT2D eigenvalue weighted by Gasteiger charge is -2.42. The van der Waals surface area contributed by atoms with Gasteiger partial charge in [0, 0.05) is 12.8 Å². The van der Waals surface area contributed by atoms with Crippen LogP contribution in [0.3, 0.4) is 0 Å². The molecule has 11 unspecified atom stereocenters. The van der Waals surface area contributed by atoms with E-state index in [9.17, 15) is 45.3 Å². The lowest BCUT2D eigenvalue weighted by atomic mass is 9.98. The molecule has 2 aliphatic rings. The normalized spacial score (nSPS) is 24.1. The fourth-order valence-corrected chi connectivity index (χ4v) is 10.3. The van der Waals surface area contributed by atoms with Crippen LogP contribution in [-0.4, -0.2) is 142 Å². The maximum atomic E-state index is 13.1. The van der Waals surface area contributed by atoms with E-state index in [1.54, 1.807) is 0 Å². The maximum Gasteiger partial charge on any atom is 0.306 e. The first kappa shape index (κ1) is 72.1. The van der Waals surface area contributed by atoms with Crippen molar-refractivity contribution in [3.63, 3.8) is 0 Å². The third kappa shape index (κ3) is 35.8. The van der Waals surface area contributed by atoms with Crippen LogP contribution in [0.15, 0.2) is 24.3 Å². The zero-order valence-electron chi connectivity index (χ0n) is 49.2. The Morgan fingerprint density at radius 2 is 0.769 bits per heavy atom. The van der Waals surface area contributed by atoms with Gasteiger partial charge in [-0.1, -0.05) is 237 Å². The highest BCUT2D eigenvalue weighted by Gasteiger charge is 2.47. The first-order chi connectivity index (χ1) is 38.0. The van der Waals surface area contributed by atoms with E-state index in [-0.39, 0.29) is 26.1 Å². The van der Waals surface area contributed by atoms with E-state index < -0.39 is 92.7 Å². The Balaban J connectivity index is 1.71. The van der Waals surface area contributed by atoms with Crippen LogP contribution in [0.4, 0.5) is 0 Å². The van der Waals surface area contributed by atoms with Crippen molar-refractivity contribution in [2.45, 2.75) is 338 Å². The Labute approximate surface area is 473 Å². The number of aliphatic hydroxyl groups is 7. The molecule has 0 aliphatic carbocycles. The monoisotopic (exact) mass is 1110 g/mol. The summed E-state index contributed by atoms with van der Waals surface area (Å²) in [5.74, 6) is -0.910. The van der Waals surface area contributed by atoms with Crippen molar-refractivity contribution in [2.24, 2.45) is 0 Å². The van der Waals surface area contributed by atoms with Gasteiger partial charge in [0.1, 0.15) is 55.4 Å². The van der Waals surface area contributed by atoms with Gasteiger partial charge in [0.25, 0.3) is 0 Å². The highest BCUT2D eigenvalue weighted by molar-refractivity contribution is 5.70. The summed E-state index contributed by atoms with van der Waals surface area (Å²) in [4.78, 5) is 26.0. The standard InChI is InChI=1S/C63H116O15/c1-3-5-7-9-11-13-15-17-19-21-23-24-25-26-28-30-32-34-36-38-40-42-44-46-55(66)76-51(48-73-54(65)45-43-41-39-37-35-33-31-29-27-22-20-18-16-14-12-10-8-6-4-2)49-74-62-61(72)59(70)57(68)53(78-62)50-75-63-60(71)58(69)56(67)52(47-64)77-63/h15,17,21,23,51-53,56-64,67-72H,3-14,16,18-20,22,24-50H2,1-2H3/b17-15-,23-21-. The molecule has 0 aromatic heterocycles. The Kier molecular flexibility index (Phi) is 45.8. The average Bonchev–Trinajstić information content (AvgIpc) is 3.44. The third-order valence-electron chi connectivity index (χ3n) is 15.4. The Morgan fingerprint density at radius 1 is 0.410 bits per heavy atom. The predicted octanol–water partition coefficient (Wildman–Crippen LogP) is 11.8. The zero-order chi connectivity index (χ0) is 56.7. The van der Waals surface area contributed by atoms with E-state index in [1.807, 2.05) is 0 Å². The average molecular weight is 1110 g/mol. The van der Waals surface area contributed by atoms with Gasteiger partial charge in [-0.3, -0.25) is 9.59 Å². The molecule has 2 saturated heterocycles. The minimum atomic E-state index is -1.76. The van der Waals surface area contributed by atoms with Gasteiger partial charge in [-0.15, -0.1) is 0 Å². The minimum Gasteiger partial charge on any atom is -0.462 e. The van der Waals surface area contributed by atoms with Crippen LogP contribution in [0.25, 0.3) is 0 Å². The van der Waals surface area contributed by atoms with Crippen molar-refractivity contribution in [1.82, 2.24) is 0 Å². The number of rotatable bonds is 52. The molecule has 7 N–H and O–H groups in total. The van der Waals surface area contributed by atoms with E-state index in [1.165, 1.54) is 180 Å². The SMILES string of the molecule is CCCCCCC/C=C\C/C=C\CCCCCCCCCCCCCC(=O)OC(COC(=O)CCCCCCCCCCCCCCCCCCCCC)COC1OC(COC2OC(CO)C(O)C(O)C2O)C(O)C(O)C1O. The summed E-state index contributed by atoms with van der Waals surface area (Å²) in [6.07, 6.45) is 39.1. The molecule has 2 rings (SSSR count). The lowest BCUT2D eigenvalue weighted by Crippen LogP contribution is -2.61. The van der Waals surface area contributed by atoms with Crippen molar-refractivity contribution < 1.29 is 73.8 Å². The third-order valence-corrected chi connectivity index (χ3v) is 15.4. The van der Waals surface area contributed by atoms with E-state index in [0.717, 1.165) is 51.4 Å². The fraction of sp³-hybridized carbons (Fsp3) is 0.905. The van der Waals surface area contributed by atoms with Gasteiger partial charge in [0.05, 0.1) is 19.8 Å². The molecule has 78 heavy (non-hydrogen) atoms. The van der Waals surface area contributed by atoms with Gasteiger partial charge in [0.15, 0.2) is 18.7 Å². The first-order valence-electron chi connectivity index (χ1n) is 31.9. The first-order valence-corrected chi connectivity index (χ1v) is 31.9. The van der Waals surface area contributed by atoms with Gasteiger partial charge < -0.3 is 64.2 Å². The topological polar surface area (TPSA) is 231 Å². The van der Waals surface area contributed by atoms with E-state index in [4.69, 9.17) is 28.4 Å². The highest BCUT2D eigenvalue weighted by atomic mass is 16.7. The molecule has 0 aromatic carbocycles. The molecule has 0 bridgehead atoms. The van der Waals surface area contributed by atoms with Crippen LogP contribution >= 0.6 is 0 Å². The molecular formula is C63H116O15. The van der Waals surface area contributed by atoms with Crippen LogP contribution in [-0.2, 0) is 38.0 Å². The maximum absolute atomic E-state index is 13.1. The molecule has 0 saturated carbocycles. The molecule has 15 heteroatoms. The number of unbranched alkanes of at least 4 members (excludes halogenated alkanes) is 34. The molecule has 0 radical (unpaired) electrons. The second kappa shape index (κ2) is 49.6. The van der Waals surface area contributed by atoms with Gasteiger partial charge in [0.2, 0.25) is 0 Å². The zero-order valence-corrected chi connectivity index (χ0v) is 49.2. The van der Waals surface area contributed by atoms with E-state index in [2.05, 4.69) is 38.2 Å². The highest BCUT2D eigenvalue weighted by Crippen LogP contribution is 2.27. The Hall–Kier alpha value is -2.02. The van der Waals surface area contributed by atoms with Crippen LogP contribution in [0.1, 0.15) is 271 Å². The van der Waals surface area contributed by atoms with Crippen LogP contribution < -0.4 is 0 Å². The molecule has 2 fully saturated rings. The van der Waals surface area contributed by atoms with E-state index >= 15 is 0 Å². The van der Waals surface area contributed by atoms with E-state index in [0.29, 0.717) is 12.8 Å². The lowest BCUT2D eigenvalue weighted by molar-refractivity contribution is -0.332. The van der Waals surface area contributed by atoms with Crippen LogP contribution in [0.2, 0.25) is 0 Å². The fourth-order valence-electron chi connectivity index (χ4n) is 10.3. The Bertz CT molecular complexity index is 1450. The summed E-state index contributed by atoms with van der Waals surface area (Å²) < 4.78 is 33.8. The van der Waals surface area contributed by atoms with Crippen molar-refractivity contribution in [3.8, 4) is 0 Å². The summed E-state index contributed by atoms with van der Waals surface area (Å²) in [6.45, 7) is 2.64. The van der Waals surface area contributed by atoms with Crippen molar-refractivity contribution in [3.05, 3.63) is 24.3 Å². The quantitative estimate of drug-likeness (QED) is 0.0171. The number of allylic oxidation sites excluding steroid dienone is 4. The van der Waals surface area contributed by atoms with Gasteiger partial charge in [-0.05, 0) is 44.9 Å². The summed E-state index contributed by atoms with van der Waals surface area (Å²) in [6, 6.07) is 0. The molecule has 0 aromatic rings. The predicted molar refractivity (Wildman–Crippen MR) is 307 cm³/mol. The number of esters is 2. The number of carbonyl (C=O) groups excluding carboxylic acids is 2. The molecule has 0 spiro atoms. The number of carbonyl (C=O) groups is 2. The molecule has 2 aliphatic heterocycles. The summed E-state index contributed by atoms with van der Waals surface area (Å²) in [5, 5.41) is 72.4. The largest absolute Gasteiger partial charge is 0.462 e. The smallest absolute Gasteiger partial charge is 0.306 e. The molecule has 15 nitrogen and oxygen atoms in total. The summed E-state index contributed by atoms with van der Waals surface area (Å²) in [7, 11) is 0. The summed E-state index contributed by atoms with van der Waals surface area (Å²) >= 11 is 0. The van der Waals surface area contributed by atoms with Crippen LogP contribution in [0.5, 0.6) is 0 Å². The van der Waals surface area contributed by atoms with Crippen molar-refractivity contribution in [1.29, 1.82) is 0 Å². The van der Waals surface area contributed by atoms with Crippen molar-refractivity contribution >= 4 is 11.9 Å². The van der Waals surface area contributed by atoms with Gasteiger partial charge in [-0.2, -0.15) is 0 Å². The number of ether oxygens (including phenoxy) is 6. The number of hydrogen-bond donors (Lipinski definition) is 7. The molecule has 458 valence electrons. The second-order valence-electron chi connectivity index (χ2n) is 22.6. The molecule has 0 amide bonds. The summed E-state index contributed by atoms with van der Waals surface area (Å²) in [5.41, 5.74) is 0. The van der Waals surface area contributed by atoms with Crippen LogP contribution in [0, 0.1) is 0 Å². The Morgan fingerprint density at radius 3 is 1.19 bits per heavy atom. The number of aliphatic hydroxyl groups excluding tert-OH is 7. The molecule has 2 heterocycles. The van der Waals surface area contributed by atoms with Gasteiger partial charge >= 0.3 is 11.9 Å². The van der Waals surface area contributed by atoms with Crippen molar-refractivity contribution in [2.75, 3.05) is 26.4 Å². The number of hydrogen-bond acceptors (Lipinski definition) is 15. The second-order valence-corrected chi connectivity index (χ2v) is 22.6. The van der Waals surface area contributed by atoms with Gasteiger partial charge in [-0.25, -0.2) is 0 Å². The minimum absolute atomic E-state index is 0.166.